The second kappa shape index (κ2) is 3.64. The SMILES string of the molecule is COc1ccc(N=C=O)cc1F. The number of methoxy groups -OCH3 is 1. The maximum atomic E-state index is 12.9. The van der Waals surface area contributed by atoms with Crippen molar-refractivity contribution in [2.45, 2.75) is 0 Å². The van der Waals surface area contributed by atoms with E-state index >= 15 is 0 Å². The fourth-order valence-corrected chi connectivity index (χ4v) is 0.778. The number of carbonyl (C=O) groups excluding carboxylic acids is 1. The second-order valence-corrected chi connectivity index (χ2v) is 2.02. The molecular formula is C8H6FNO2. The molecule has 62 valence electrons. The summed E-state index contributed by atoms with van der Waals surface area (Å²) in [5, 5.41) is 0. The molecule has 0 bridgehead atoms. The number of hydrogen-bond donors (Lipinski definition) is 0. The number of rotatable bonds is 2. The molecule has 0 spiro atoms. The van der Waals surface area contributed by atoms with E-state index in [1.165, 1.54) is 25.3 Å². The molecule has 0 radical (unpaired) electrons. The van der Waals surface area contributed by atoms with Crippen molar-refractivity contribution < 1.29 is 13.9 Å². The Morgan fingerprint density at radius 1 is 1.58 bits per heavy atom. The van der Waals surface area contributed by atoms with E-state index in [1.807, 2.05) is 0 Å². The van der Waals surface area contributed by atoms with Crippen LogP contribution in [0, 0.1) is 5.82 Å². The van der Waals surface area contributed by atoms with E-state index in [0.717, 1.165) is 6.07 Å². The summed E-state index contributed by atoms with van der Waals surface area (Å²) in [6.45, 7) is 0. The molecule has 0 aliphatic carbocycles. The monoisotopic (exact) mass is 167 g/mol. The van der Waals surface area contributed by atoms with Gasteiger partial charge in [-0.25, -0.2) is 9.18 Å². The first-order chi connectivity index (χ1) is 5.77. The van der Waals surface area contributed by atoms with Crippen molar-refractivity contribution in [3.05, 3.63) is 24.0 Å². The van der Waals surface area contributed by atoms with Gasteiger partial charge >= 0.3 is 0 Å². The summed E-state index contributed by atoms with van der Waals surface area (Å²) < 4.78 is 17.5. The number of nitrogens with zero attached hydrogens (tertiary/aromatic N) is 1. The van der Waals surface area contributed by atoms with E-state index in [1.54, 1.807) is 0 Å². The van der Waals surface area contributed by atoms with Gasteiger partial charge in [-0.15, -0.1) is 0 Å². The van der Waals surface area contributed by atoms with E-state index in [-0.39, 0.29) is 11.4 Å². The van der Waals surface area contributed by atoms with E-state index in [0.29, 0.717) is 0 Å². The first kappa shape index (κ1) is 8.43. The molecule has 1 aromatic carbocycles. The van der Waals surface area contributed by atoms with Crippen molar-refractivity contribution in [2.24, 2.45) is 4.99 Å². The largest absolute Gasteiger partial charge is 0.494 e. The van der Waals surface area contributed by atoms with E-state index < -0.39 is 5.82 Å². The smallest absolute Gasteiger partial charge is 0.240 e. The summed E-state index contributed by atoms with van der Waals surface area (Å²) in [5.41, 5.74) is 0.225. The highest BCUT2D eigenvalue weighted by molar-refractivity contribution is 5.50. The van der Waals surface area contributed by atoms with Crippen LogP contribution in [0.1, 0.15) is 0 Å². The van der Waals surface area contributed by atoms with Crippen LogP contribution in [-0.2, 0) is 4.79 Å². The molecule has 0 aliphatic rings. The Morgan fingerprint density at radius 3 is 2.83 bits per heavy atom. The summed E-state index contributed by atoms with van der Waals surface area (Å²) in [7, 11) is 1.36. The Labute approximate surface area is 68.5 Å². The van der Waals surface area contributed by atoms with Crippen molar-refractivity contribution in [1.29, 1.82) is 0 Å². The summed E-state index contributed by atoms with van der Waals surface area (Å²) in [6, 6.07) is 3.96. The lowest BCUT2D eigenvalue weighted by atomic mass is 10.3. The third kappa shape index (κ3) is 1.68. The van der Waals surface area contributed by atoms with Gasteiger partial charge in [0.05, 0.1) is 12.8 Å². The van der Waals surface area contributed by atoms with Crippen molar-refractivity contribution >= 4 is 11.8 Å². The molecule has 0 unspecified atom stereocenters. The maximum absolute atomic E-state index is 12.9. The number of hydrogen-bond acceptors (Lipinski definition) is 3. The van der Waals surface area contributed by atoms with Crippen LogP contribution < -0.4 is 4.74 Å². The third-order valence-electron chi connectivity index (χ3n) is 1.31. The zero-order valence-electron chi connectivity index (χ0n) is 6.37. The zero-order valence-corrected chi connectivity index (χ0v) is 6.37. The average Bonchev–Trinajstić information content (AvgIpc) is 2.05. The van der Waals surface area contributed by atoms with Gasteiger partial charge in [-0.3, -0.25) is 0 Å². The Balaban J connectivity index is 3.09. The van der Waals surface area contributed by atoms with E-state index in [2.05, 4.69) is 9.73 Å². The van der Waals surface area contributed by atoms with Gasteiger partial charge in [-0.1, -0.05) is 0 Å². The fourth-order valence-electron chi connectivity index (χ4n) is 0.778. The van der Waals surface area contributed by atoms with Gasteiger partial charge in [0.1, 0.15) is 0 Å². The minimum absolute atomic E-state index is 0.125. The average molecular weight is 167 g/mol. The maximum Gasteiger partial charge on any atom is 0.240 e. The highest BCUT2D eigenvalue weighted by Crippen LogP contribution is 2.21. The molecule has 0 aromatic heterocycles. The minimum Gasteiger partial charge on any atom is -0.494 e. The van der Waals surface area contributed by atoms with Crippen molar-refractivity contribution in [3.63, 3.8) is 0 Å². The Hall–Kier alpha value is -1.67. The second-order valence-electron chi connectivity index (χ2n) is 2.02. The summed E-state index contributed by atoms with van der Waals surface area (Å²) in [5.74, 6) is -0.422. The van der Waals surface area contributed by atoms with Crippen LogP contribution in [-0.4, -0.2) is 13.2 Å². The van der Waals surface area contributed by atoms with Crippen LogP contribution in [0.25, 0.3) is 0 Å². The van der Waals surface area contributed by atoms with Gasteiger partial charge in [0.2, 0.25) is 6.08 Å². The molecule has 0 saturated heterocycles. The van der Waals surface area contributed by atoms with Gasteiger partial charge in [0.15, 0.2) is 11.6 Å². The first-order valence-electron chi connectivity index (χ1n) is 3.19. The molecule has 1 aromatic rings. The number of ether oxygens (including phenoxy) is 1. The molecule has 0 N–H and O–H groups in total. The van der Waals surface area contributed by atoms with Crippen molar-refractivity contribution in [3.8, 4) is 5.75 Å². The first-order valence-corrected chi connectivity index (χ1v) is 3.19. The zero-order chi connectivity index (χ0) is 8.97. The standard InChI is InChI=1S/C8H6FNO2/c1-12-8-3-2-6(10-5-11)4-7(8)9/h2-4H,1H3. The van der Waals surface area contributed by atoms with Crippen LogP contribution in [0.3, 0.4) is 0 Å². The van der Waals surface area contributed by atoms with Gasteiger partial charge in [0.25, 0.3) is 0 Å². The molecule has 0 atom stereocenters. The number of benzene rings is 1. The number of halogens is 1. The third-order valence-corrected chi connectivity index (χ3v) is 1.31. The van der Waals surface area contributed by atoms with Crippen LogP contribution in [0.5, 0.6) is 5.75 Å². The highest BCUT2D eigenvalue weighted by atomic mass is 19.1. The molecule has 1 rings (SSSR count). The van der Waals surface area contributed by atoms with Gasteiger partial charge in [-0.2, -0.15) is 4.99 Å². The lowest BCUT2D eigenvalue weighted by Gasteiger charge is -1.99. The molecular weight excluding hydrogens is 161 g/mol. The minimum atomic E-state index is -0.547. The Kier molecular flexibility index (Phi) is 2.56. The van der Waals surface area contributed by atoms with E-state index in [4.69, 9.17) is 0 Å². The van der Waals surface area contributed by atoms with E-state index in [9.17, 15) is 9.18 Å². The number of isocyanates is 1. The molecule has 12 heavy (non-hydrogen) atoms. The Morgan fingerprint density at radius 2 is 2.33 bits per heavy atom. The normalized spacial score (nSPS) is 8.83. The highest BCUT2D eigenvalue weighted by Gasteiger charge is 2.01. The Bertz CT molecular complexity index is 332. The van der Waals surface area contributed by atoms with Crippen LogP contribution in [0.15, 0.2) is 23.2 Å². The van der Waals surface area contributed by atoms with Crippen LogP contribution in [0.2, 0.25) is 0 Å². The van der Waals surface area contributed by atoms with Crippen LogP contribution >= 0.6 is 0 Å². The number of aliphatic imine (C=N–C) groups is 1. The molecule has 0 aliphatic heterocycles. The summed E-state index contributed by atoms with van der Waals surface area (Å²) in [4.78, 5) is 13.0. The lowest BCUT2D eigenvalue weighted by Crippen LogP contribution is -1.86. The summed E-state index contributed by atoms with van der Waals surface area (Å²) >= 11 is 0. The van der Waals surface area contributed by atoms with Crippen molar-refractivity contribution in [2.75, 3.05) is 7.11 Å². The van der Waals surface area contributed by atoms with Crippen molar-refractivity contribution in [1.82, 2.24) is 0 Å². The molecule has 0 heterocycles. The quantitative estimate of drug-likeness (QED) is 0.497. The molecule has 0 fully saturated rings. The molecule has 0 amide bonds. The summed E-state index contributed by atoms with van der Waals surface area (Å²) in [6.07, 6.45) is 1.32. The molecule has 4 heteroatoms. The van der Waals surface area contributed by atoms with Gasteiger partial charge in [0, 0.05) is 6.07 Å². The van der Waals surface area contributed by atoms with Gasteiger partial charge < -0.3 is 4.74 Å². The lowest BCUT2D eigenvalue weighted by molar-refractivity contribution is 0.386. The molecule has 3 nitrogen and oxygen atoms in total. The van der Waals surface area contributed by atoms with Crippen LogP contribution in [0.4, 0.5) is 10.1 Å². The molecule has 0 saturated carbocycles. The van der Waals surface area contributed by atoms with Gasteiger partial charge in [-0.05, 0) is 12.1 Å². The predicted octanol–water partition coefficient (Wildman–Crippen LogP) is 1.80. The topological polar surface area (TPSA) is 38.7 Å². The predicted molar refractivity (Wildman–Crippen MR) is 40.7 cm³/mol. The fraction of sp³-hybridized carbons (Fsp3) is 0.125.